The van der Waals surface area contributed by atoms with Gasteiger partial charge in [0.25, 0.3) is 0 Å². The number of hydrogen-bond donors (Lipinski definition) is 1. The van der Waals surface area contributed by atoms with Crippen LogP contribution in [-0.4, -0.2) is 31.9 Å². The van der Waals surface area contributed by atoms with E-state index in [1.165, 1.54) is 0 Å². The molecule has 212 valence electrons. The Hall–Kier alpha value is -4.20. The van der Waals surface area contributed by atoms with Gasteiger partial charge in [-0.3, -0.25) is 4.79 Å². The van der Waals surface area contributed by atoms with Gasteiger partial charge in [0.15, 0.2) is 0 Å². The van der Waals surface area contributed by atoms with Gasteiger partial charge >= 0.3 is 12.1 Å². The molecule has 0 bridgehead atoms. The highest BCUT2D eigenvalue weighted by Crippen LogP contribution is 2.53. The Kier molecular flexibility index (Phi) is 8.28. The van der Waals surface area contributed by atoms with Crippen molar-refractivity contribution in [1.82, 2.24) is 5.32 Å². The third kappa shape index (κ3) is 6.17. The maximum atomic E-state index is 13.0. The number of nitrogens with one attached hydrogen (secondary N) is 1. The molecule has 0 radical (unpaired) electrons. The molecule has 0 fully saturated rings. The molecular weight excluding hydrogens is 510 g/mol. The molecule has 3 aromatic carbocycles. The fourth-order valence-corrected chi connectivity index (χ4v) is 4.81. The predicted molar refractivity (Wildman–Crippen MR) is 151 cm³/mol. The first-order valence-electron chi connectivity index (χ1n) is 13.2. The van der Waals surface area contributed by atoms with Crippen LogP contribution in [0.15, 0.2) is 54.6 Å². The van der Waals surface area contributed by atoms with Crippen LogP contribution in [0.5, 0.6) is 23.0 Å². The van der Waals surface area contributed by atoms with Crippen LogP contribution in [-0.2, 0) is 39.3 Å². The summed E-state index contributed by atoms with van der Waals surface area (Å²) in [6.45, 7) is 9.89. The van der Waals surface area contributed by atoms with Gasteiger partial charge in [0.05, 0.1) is 32.7 Å². The van der Waals surface area contributed by atoms with E-state index in [0.29, 0.717) is 34.1 Å². The van der Waals surface area contributed by atoms with Gasteiger partial charge in [0.1, 0.15) is 35.2 Å². The second-order valence-electron chi connectivity index (χ2n) is 11.2. The van der Waals surface area contributed by atoms with Gasteiger partial charge in [-0.15, -0.1) is 0 Å². The first-order valence-corrected chi connectivity index (χ1v) is 13.2. The average molecular weight is 548 g/mol. The van der Waals surface area contributed by atoms with Gasteiger partial charge in [-0.2, -0.15) is 0 Å². The summed E-state index contributed by atoms with van der Waals surface area (Å²) in [5.41, 5.74) is 2.84. The van der Waals surface area contributed by atoms with Gasteiger partial charge in [0.2, 0.25) is 0 Å². The fourth-order valence-electron chi connectivity index (χ4n) is 4.81. The lowest BCUT2D eigenvalue weighted by molar-refractivity contribution is -0.144. The van der Waals surface area contributed by atoms with Crippen LogP contribution in [0.25, 0.3) is 0 Å². The molecule has 8 heteroatoms. The number of methoxy groups -OCH3 is 2. The third-order valence-electron chi connectivity index (χ3n) is 6.80. The minimum absolute atomic E-state index is 0.0416. The Bertz CT molecular complexity index is 1390. The second-order valence-corrected chi connectivity index (χ2v) is 11.2. The highest BCUT2D eigenvalue weighted by Gasteiger charge is 2.39. The van der Waals surface area contributed by atoms with E-state index in [-0.39, 0.29) is 19.6 Å². The first kappa shape index (κ1) is 28.8. The molecule has 0 aromatic heterocycles. The van der Waals surface area contributed by atoms with Crippen molar-refractivity contribution < 1.29 is 33.3 Å². The Morgan fingerprint density at radius 1 is 0.850 bits per heavy atom. The summed E-state index contributed by atoms with van der Waals surface area (Å²) in [5.74, 6) is 1.76. The van der Waals surface area contributed by atoms with Crippen molar-refractivity contribution in [3.8, 4) is 23.0 Å². The normalized spacial score (nSPS) is 13.3. The standard InChI is InChI=1S/C32H37NO7/c1-31(2,3)40-30(35)33-18-22-26(37-7)16-14-24-29(22)39-28-21(25(36-6)15-13-23(28)32(24,4)5)17-27(34)38-19-20-11-9-8-10-12-20/h8-16H,17-19H2,1-7H3,(H,33,35). The number of rotatable bonds is 8. The van der Waals surface area contributed by atoms with Crippen molar-refractivity contribution in [2.24, 2.45) is 0 Å². The minimum Gasteiger partial charge on any atom is -0.496 e. The van der Waals surface area contributed by atoms with Crippen LogP contribution in [0.3, 0.4) is 0 Å². The molecule has 1 N–H and O–H groups in total. The maximum Gasteiger partial charge on any atom is 0.407 e. The summed E-state index contributed by atoms with van der Waals surface area (Å²) in [6, 6.07) is 17.2. The number of benzene rings is 3. The zero-order valence-corrected chi connectivity index (χ0v) is 24.2. The van der Waals surface area contributed by atoms with Gasteiger partial charge in [-0.05, 0) is 38.5 Å². The maximum absolute atomic E-state index is 13.0. The molecule has 0 unspecified atom stereocenters. The highest BCUT2D eigenvalue weighted by molar-refractivity contribution is 5.77. The summed E-state index contributed by atoms with van der Waals surface area (Å²) in [4.78, 5) is 25.5. The van der Waals surface area contributed by atoms with Crippen LogP contribution < -0.4 is 19.5 Å². The molecule has 0 aliphatic carbocycles. The van der Waals surface area contributed by atoms with E-state index in [4.69, 9.17) is 23.7 Å². The van der Waals surface area contributed by atoms with Crippen LogP contribution in [0, 0.1) is 0 Å². The first-order chi connectivity index (χ1) is 18.9. The third-order valence-corrected chi connectivity index (χ3v) is 6.80. The number of alkyl carbamates (subject to hydrolysis) is 1. The Balaban J connectivity index is 1.69. The molecule has 0 saturated carbocycles. The predicted octanol–water partition coefficient (Wildman–Crippen LogP) is 6.45. The Morgan fingerprint density at radius 3 is 2.00 bits per heavy atom. The van der Waals surface area contributed by atoms with E-state index in [1.54, 1.807) is 35.0 Å². The van der Waals surface area contributed by atoms with Crippen molar-refractivity contribution in [3.05, 3.63) is 82.4 Å². The number of amides is 1. The lowest BCUT2D eigenvalue weighted by Gasteiger charge is -2.37. The van der Waals surface area contributed by atoms with E-state index >= 15 is 0 Å². The quantitative estimate of drug-likeness (QED) is 0.324. The van der Waals surface area contributed by atoms with Crippen LogP contribution in [0.1, 0.15) is 62.4 Å². The molecule has 0 spiro atoms. The number of esters is 1. The van der Waals surface area contributed by atoms with Crippen LogP contribution in [0.4, 0.5) is 4.79 Å². The summed E-state index contributed by atoms with van der Waals surface area (Å²) in [6.07, 6.45) is -0.591. The zero-order chi connectivity index (χ0) is 29.1. The highest BCUT2D eigenvalue weighted by atomic mass is 16.6. The number of carbonyl (C=O) groups excluding carboxylic acids is 2. The lowest BCUT2D eigenvalue weighted by atomic mass is 9.74. The van der Waals surface area contributed by atoms with Crippen molar-refractivity contribution in [3.63, 3.8) is 0 Å². The minimum atomic E-state index is -0.637. The molecule has 40 heavy (non-hydrogen) atoms. The van der Waals surface area contributed by atoms with Crippen molar-refractivity contribution in [1.29, 1.82) is 0 Å². The topological polar surface area (TPSA) is 92.3 Å². The summed E-state index contributed by atoms with van der Waals surface area (Å²) in [5, 5.41) is 2.81. The van der Waals surface area contributed by atoms with E-state index in [9.17, 15) is 9.59 Å². The molecule has 8 nitrogen and oxygen atoms in total. The summed E-state index contributed by atoms with van der Waals surface area (Å²) >= 11 is 0. The number of ether oxygens (including phenoxy) is 5. The largest absolute Gasteiger partial charge is 0.496 e. The summed E-state index contributed by atoms with van der Waals surface area (Å²) in [7, 11) is 3.12. The SMILES string of the molecule is COc1ccc2c(c1CNC(=O)OC(C)(C)C)Oc1c(ccc(OC)c1CC(=O)OCc1ccccc1)C2(C)C. The van der Waals surface area contributed by atoms with Crippen molar-refractivity contribution in [2.75, 3.05) is 14.2 Å². The van der Waals surface area contributed by atoms with E-state index in [1.807, 2.05) is 54.6 Å². The molecule has 3 aromatic rings. The van der Waals surface area contributed by atoms with Gasteiger partial charge in [-0.25, -0.2) is 4.79 Å². The molecule has 1 heterocycles. The second kappa shape index (κ2) is 11.5. The van der Waals surface area contributed by atoms with Gasteiger partial charge in [0, 0.05) is 22.1 Å². The Morgan fingerprint density at radius 2 is 1.43 bits per heavy atom. The lowest BCUT2D eigenvalue weighted by Crippen LogP contribution is -2.33. The van der Waals surface area contributed by atoms with Gasteiger partial charge in [-0.1, -0.05) is 56.3 Å². The van der Waals surface area contributed by atoms with E-state index in [2.05, 4.69) is 19.2 Å². The molecule has 1 aliphatic heterocycles. The molecule has 0 atom stereocenters. The van der Waals surface area contributed by atoms with Gasteiger partial charge < -0.3 is 29.0 Å². The number of hydrogen-bond acceptors (Lipinski definition) is 7. The molecule has 1 amide bonds. The Labute approximate surface area is 235 Å². The van der Waals surface area contributed by atoms with Crippen LogP contribution in [0.2, 0.25) is 0 Å². The van der Waals surface area contributed by atoms with Crippen molar-refractivity contribution >= 4 is 12.1 Å². The molecule has 0 saturated heterocycles. The van der Waals surface area contributed by atoms with Crippen LogP contribution >= 0.6 is 0 Å². The fraction of sp³-hybridized carbons (Fsp3) is 0.375. The summed E-state index contributed by atoms with van der Waals surface area (Å²) < 4.78 is 28.9. The number of fused-ring (bicyclic) bond motifs is 2. The number of carbonyl (C=O) groups is 2. The average Bonchev–Trinajstić information content (AvgIpc) is 2.90. The molecule has 1 aliphatic rings. The van der Waals surface area contributed by atoms with E-state index in [0.717, 1.165) is 16.7 Å². The monoisotopic (exact) mass is 547 g/mol. The van der Waals surface area contributed by atoms with Crippen molar-refractivity contribution in [2.45, 2.75) is 65.2 Å². The van der Waals surface area contributed by atoms with E-state index < -0.39 is 23.1 Å². The molecular formula is C32H37NO7. The molecule has 4 rings (SSSR count). The smallest absolute Gasteiger partial charge is 0.407 e. The zero-order valence-electron chi connectivity index (χ0n) is 24.2.